The number of benzene rings is 1. The summed E-state index contributed by atoms with van der Waals surface area (Å²) in [5, 5.41) is 6.05. The number of carbonyl (C=O) groups excluding carboxylic acids is 1. The van der Waals surface area contributed by atoms with Crippen LogP contribution in [0.25, 0.3) is 0 Å². The molecule has 0 radical (unpaired) electrons. The van der Waals surface area contributed by atoms with Gasteiger partial charge in [0.25, 0.3) is 0 Å². The van der Waals surface area contributed by atoms with Crippen LogP contribution < -0.4 is 10.6 Å². The van der Waals surface area contributed by atoms with E-state index in [1.807, 2.05) is 6.92 Å². The van der Waals surface area contributed by atoms with E-state index in [0.29, 0.717) is 10.5 Å². The third kappa shape index (κ3) is 5.05. The normalized spacial score (nSPS) is 18.2. The van der Waals surface area contributed by atoms with Gasteiger partial charge in [-0.1, -0.05) is 22.9 Å². The molecule has 0 saturated carbocycles. The molecule has 1 unspecified atom stereocenters. The lowest BCUT2D eigenvalue weighted by molar-refractivity contribution is -0.117. The predicted octanol–water partition coefficient (Wildman–Crippen LogP) is 2.60. The highest BCUT2D eigenvalue weighted by molar-refractivity contribution is 9.10. The van der Waals surface area contributed by atoms with E-state index in [2.05, 4.69) is 31.5 Å². The first-order valence-electron chi connectivity index (χ1n) is 7.29. The summed E-state index contributed by atoms with van der Waals surface area (Å²) in [5.41, 5.74) is 0.221. The number of likely N-dealkylation sites (N-methyl/N-ethyl adjacent to an activating group) is 1. The summed E-state index contributed by atoms with van der Waals surface area (Å²) >= 11 is 3.19. The van der Waals surface area contributed by atoms with E-state index in [4.69, 9.17) is 0 Å². The number of hydrogen-bond acceptors (Lipinski definition) is 3. The molecular formula is C15H21BrFN3O. The Balaban J connectivity index is 1.86. The number of nitrogens with zero attached hydrogens (tertiary/aromatic N) is 1. The van der Waals surface area contributed by atoms with Gasteiger partial charge < -0.3 is 10.6 Å². The first-order chi connectivity index (χ1) is 10.1. The summed E-state index contributed by atoms with van der Waals surface area (Å²) < 4.78 is 14.3. The van der Waals surface area contributed by atoms with Gasteiger partial charge in [-0.05, 0) is 44.1 Å². The van der Waals surface area contributed by atoms with Gasteiger partial charge in [0.05, 0.1) is 12.2 Å². The Labute approximate surface area is 133 Å². The quantitative estimate of drug-likeness (QED) is 0.822. The van der Waals surface area contributed by atoms with Crippen molar-refractivity contribution in [1.82, 2.24) is 10.2 Å². The van der Waals surface area contributed by atoms with Crippen molar-refractivity contribution in [1.29, 1.82) is 0 Å². The molecule has 1 atom stereocenters. The standard InChI is InChI=1S/C15H21BrFN3O/c1-2-20(9-12-4-3-7-18-12)10-15(21)19-14-6-5-11(16)8-13(14)17/h5-6,8,12,18H,2-4,7,9-10H2,1H3,(H,19,21). The first-order valence-corrected chi connectivity index (χ1v) is 8.08. The first kappa shape index (κ1) is 16.4. The van der Waals surface area contributed by atoms with Crippen LogP contribution in [0.4, 0.5) is 10.1 Å². The summed E-state index contributed by atoms with van der Waals surface area (Å²) in [6.45, 7) is 5.02. The molecule has 1 amide bonds. The van der Waals surface area contributed by atoms with Crippen molar-refractivity contribution in [2.45, 2.75) is 25.8 Å². The second-order valence-electron chi connectivity index (χ2n) is 5.29. The Hall–Kier alpha value is -0.980. The third-order valence-electron chi connectivity index (χ3n) is 3.66. The van der Waals surface area contributed by atoms with Crippen molar-refractivity contribution >= 4 is 27.5 Å². The Bertz CT molecular complexity index is 492. The lowest BCUT2D eigenvalue weighted by Crippen LogP contribution is -2.41. The zero-order valence-electron chi connectivity index (χ0n) is 12.2. The topological polar surface area (TPSA) is 44.4 Å². The Morgan fingerprint density at radius 1 is 1.57 bits per heavy atom. The highest BCUT2D eigenvalue weighted by Crippen LogP contribution is 2.19. The zero-order chi connectivity index (χ0) is 15.2. The van der Waals surface area contributed by atoms with Crippen LogP contribution in [0.3, 0.4) is 0 Å². The zero-order valence-corrected chi connectivity index (χ0v) is 13.7. The van der Waals surface area contributed by atoms with Crippen molar-refractivity contribution in [2.24, 2.45) is 0 Å². The maximum Gasteiger partial charge on any atom is 0.238 e. The van der Waals surface area contributed by atoms with Gasteiger partial charge in [-0.2, -0.15) is 0 Å². The Kier molecular flexibility index (Phi) is 6.14. The van der Waals surface area contributed by atoms with E-state index in [1.54, 1.807) is 12.1 Å². The van der Waals surface area contributed by atoms with E-state index in [1.165, 1.54) is 12.5 Å². The van der Waals surface area contributed by atoms with Gasteiger partial charge in [-0.3, -0.25) is 9.69 Å². The van der Waals surface area contributed by atoms with E-state index in [9.17, 15) is 9.18 Å². The highest BCUT2D eigenvalue weighted by Gasteiger charge is 2.19. The van der Waals surface area contributed by atoms with Gasteiger partial charge >= 0.3 is 0 Å². The van der Waals surface area contributed by atoms with Gasteiger partial charge in [0, 0.05) is 17.1 Å². The fourth-order valence-corrected chi connectivity index (χ4v) is 2.85. The van der Waals surface area contributed by atoms with Crippen LogP contribution in [0.15, 0.2) is 22.7 Å². The molecule has 21 heavy (non-hydrogen) atoms. The fourth-order valence-electron chi connectivity index (χ4n) is 2.51. The molecule has 116 valence electrons. The van der Waals surface area contributed by atoms with Crippen LogP contribution in [-0.2, 0) is 4.79 Å². The molecule has 1 fully saturated rings. The SMILES string of the molecule is CCN(CC(=O)Nc1ccc(Br)cc1F)CC1CCCN1. The maximum atomic E-state index is 13.7. The van der Waals surface area contributed by atoms with Crippen molar-refractivity contribution in [3.8, 4) is 0 Å². The number of carbonyl (C=O) groups is 1. The molecule has 0 aromatic heterocycles. The summed E-state index contributed by atoms with van der Waals surface area (Å²) in [6, 6.07) is 5.07. The average Bonchev–Trinajstić information content (AvgIpc) is 2.94. The number of hydrogen-bond donors (Lipinski definition) is 2. The van der Waals surface area contributed by atoms with Crippen molar-refractivity contribution < 1.29 is 9.18 Å². The van der Waals surface area contributed by atoms with E-state index in [0.717, 1.165) is 26.1 Å². The van der Waals surface area contributed by atoms with Gasteiger partial charge in [-0.15, -0.1) is 0 Å². The molecule has 1 saturated heterocycles. The number of halogens is 2. The molecule has 2 N–H and O–H groups in total. The summed E-state index contributed by atoms with van der Waals surface area (Å²) in [6.07, 6.45) is 2.35. The minimum Gasteiger partial charge on any atom is -0.322 e. The monoisotopic (exact) mass is 357 g/mol. The number of nitrogens with one attached hydrogen (secondary N) is 2. The molecule has 1 aromatic rings. The van der Waals surface area contributed by atoms with Crippen LogP contribution in [0.1, 0.15) is 19.8 Å². The predicted molar refractivity (Wildman–Crippen MR) is 85.9 cm³/mol. The van der Waals surface area contributed by atoms with Crippen LogP contribution in [-0.4, -0.2) is 43.0 Å². The third-order valence-corrected chi connectivity index (χ3v) is 4.15. The maximum absolute atomic E-state index is 13.7. The Morgan fingerprint density at radius 2 is 2.38 bits per heavy atom. The van der Waals surface area contributed by atoms with Crippen molar-refractivity contribution in [3.05, 3.63) is 28.5 Å². The van der Waals surface area contributed by atoms with Gasteiger partial charge in [-0.25, -0.2) is 4.39 Å². The largest absolute Gasteiger partial charge is 0.322 e. The molecule has 1 aliphatic rings. The molecule has 0 bridgehead atoms. The second kappa shape index (κ2) is 7.87. The van der Waals surface area contributed by atoms with Crippen LogP contribution in [0.2, 0.25) is 0 Å². The molecule has 1 heterocycles. The van der Waals surface area contributed by atoms with Crippen LogP contribution in [0.5, 0.6) is 0 Å². The average molecular weight is 358 g/mol. The molecule has 0 aliphatic carbocycles. The molecule has 2 rings (SSSR count). The van der Waals surface area contributed by atoms with Crippen LogP contribution >= 0.6 is 15.9 Å². The van der Waals surface area contributed by atoms with Gasteiger partial charge in [0.1, 0.15) is 5.82 Å². The number of rotatable bonds is 6. The second-order valence-corrected chi connectivity index (χ2v) is 6.21. The summed E-state index contributed by atoms with van der Waals surface area (Å²) in [5.74, 6) is -0.616. The van der Waals surface area contributed by atoms with Crippen molar-refractivity contribution in [2.75, 3.05) is 31.5 Å². The lowest BCUT2D eigenvalue weighted by Gasteiger charge is -2.23. The lowest BCUT2D eigenvalue weighted by atomic mass is 10.2. The molecule has 4 nitrogen and oxygen atoms in total. The summed E-state index contributed by atoms with van der Waals surface area (Å²) in [7, 11) is 0. The minimum absolute atomic E-state index is 0.184. The molecule has 0 spiro atoms. The number of amides is 1. The van der Waals surface area contributed by atoms with E-state index >= 15 is 0 Å². The number of anilines is 1. The Morgan fingerprint density at radius 3 is 3.00 bits per heavy atom. The van der Waals surface area contributed by atoms with Gasteiger partial charge in [0.15, 0.2) is 0 Å². The van der Waals surface area contributed by atoms with E-state index in [-0.39, 0.29) is 18.1 Å². The minimum atomic E-state index is -0.432. The van der Waals surface area contributed by atoms with Crippen LogP contribution in [0, 0.1) is 5.82 Å². The van der Waals surface area contributed by atoms with E-state index < -0.39 is 5.82 Å². The summed E-state index contributed by atoms with van der Waals surface area (Å²) in [4.78, 5) is 14.1. The van der Waals surface area contributed by atoms with Crippen molar-refractivity contribution in [3.63, 3.8) is 0 Å². The molecule has 1 aromatic carbocycles. The molecule has 6 heteroatoms. The highest BCUT2D eigenvalue weighted by atomic mass is 79.9. The molecular weight excluding hydrogens is 337 g/mol. The van der Waals surface area contributed by atoms with Gasteiger partial charge in [0.2, 0.25) is 5.91 Å². The molecule has 1 aliphatic heterocycles. The fraction of sp³-hybridized carbons (Fsp3) is 0.533. The smallest absolute Gasteiger partial charge is 0.238 e.